The Morgan fingerprint density at radius 2 is 2.25 bits per heavy atom. The normalized spacial score (nSPS) is 17.8. The highest BCUT2D eigenvalue weighted by atomic mass is 79.9. The first-order valence-corrected chi connectivity index (χ1v) is 10.6. The molecular formula is C19H22BBrClN5O. The van der Waals surface area contributed by atoms with Crippen LogP contribution in [0.15, 0.2) is 41.0 Å². The van der Waals surface area contributed by atoms with Crippen molar-refractivity contribution in [3.63, 3.8) is 0 Å². The average molecular weight is 463 g/mol. The molecule has 28 heavy (non-hydrogen) atoms. The van der Waals surface area contributed by atoms with Crippen LogP contribution in [0.25, 0.3) is 16.9 Å². The van der Waals surface area contributed by atoms with E-state index in [2.05, 4.69) is 31.2 Å². The summed E-state index contributed by atoms with van der Waals surface area (Å²) in [6.45, 7) is 3.01. The van der Waals surface area contributed by atoms with Gasteiger partial charge in [-0.25, -0.2) is 4.98 Å². The van der Waals surface area contributed by atoms with Crippen LogP contribution in [0, 0.1) is 5.92 Å². The molecule has 1 fully saturated rings. The number of hydrogen-bond donors (Lipinski definition) is 1. The van der Waals surface area contributed by atoms with Crippen molar-refractivity contribution in [2.75, 3.05) is 32.1 Å². The van der Waals surface area contributed by atoms with E-state index in [1.165, 1.54) is 12.8 Å². The Kier molecular flexibility index (Phi) is 6.21. The zero-order valence-electron chi connectivity index (χ0n) is 15.7. The summed E-state index contributed by atoms with van der Waals surface area (Å²) in [5.74, 6) is 1.48. The van der Waals surface area contributed by atoms with E-state index in [1.54, 1.807) is 13.3 Å². The van der Waals surface area contributed by atoms with Gasteiger partial charge in [-0.05, 0) is 53.8 Å². The lowest BCUT2D eigenvalue weighted by Crippen LogP contribution is -2.41. The third-order valence-corrected chi connectivity index (χ3v) is 5.95. The number of fused-ring (bicyclic) bond motifs is 1. The van der Waals surface area contributed by atoms with E-state index in [0.29, 0.717) is 18.6 Å². The lowest BCUT2D eigenvalue weighted by Gasteiger charge is -2.32. The fourth-order valence-corrected chi connectivity index (χ4v) is 4.32. The summed E-state index contributed by atoms with van der Waals surface area (Å²) < 4.78 is 7.98. The van der Waals surface area contributed by atoms with Crippen molar-refractivity contribution in [2.24, 2.45) is 5.92 Å². The molecule has 4 rings (SSSR count). The average Bonchev–Trinajstić information content (AvgIpc) is 3.08. The molecule has 1 saturated heterocycles. The van der Waals surface area contributed by atoms with E-state index in [1.807, 2.05) is 34.8 Å². The number of rotatable bonds is 6. The van der Waals surface area contributed by atoms with Crippen LogP contribution in [0.2, 0.25) is 5.02 Å². The summed E-state index contributed by atoms with van der Waals surface area (Å²) in [5, 5.41) is 8.74. The van der Waals surface area contributed by atoms with E-state index < -0.39 is 0 Å². The van der Waals surface area contributed by atoms with Crippen molar-refractivity contribution in [1.82, 2.24) is 19.4 Å². The Hall–Kier alpha value is -1.61. The van der Waals surface area contributed by atoms with Crippen LogP contribution in [0.1, 0.15) is 12.8 Å². The molecule has 1 atom stereocenters. The zero-order chi connectivity index (χ0) is 19.5. The number of halogens is 2. The Bertz CT molecular complexity index is 967. The van der Waals surface area contributed by atoms with Gasteiger partial charge in [-0.2, -0.15) is 9.61 Å². The number of anilines is 1. The molecule has 9 heteroatoms. The molecule has 1 aliphatic heterocycles. The molecule has 0 aliphatic carbocycles. The fourth-order valence-electron chi connectivity index (χ4n) is 3.74. The second-order valence-electron chi connectivity index (χ2n) is 7.12. The molecule has 1 unspecified atom stereocenters. The summed E-state index contributed by atoms with van der Waals surface area (Å²) in [6, 6.07) is 9.78. The van der Waals surface area contributed by atoms with Crippen LogP contribution in [-0.2, 0) is 4.65 Å². The first kappa shape index (κ1) is 19.7. The number of nitrogens with zero attached hydrogens (tertiary/aromatic N) is 4. The van der Waals surface area contributed by atoms with E-state index in [9.17, 15) is 0 Å². The Morgan fingerprint density at radius 3 is 3.07 bits per heavy atom. The highest BCUT2D eigenvalue weighted by Gasteiger charge is 2.21. The van der Waals surface area contributed by atoms with E-state index >= 15 is 0 Å². The first-order chi connectivity index (χ1) is 13.7. The molecule has 0 radical (unpaired) electrons. The van der Waals surface area contributed by atoms with Gasteiger partial charge in [0.25, 0.3) is 0 Å². The van der Waals surface area contributed by atoms with Gasteiger partial charge in [0.1, 0.15) is 5.82 Å². The minimum atomic E-state index is 0.565. The second-order valence-corrected chi connectivity index (χ2v) is 8.38. The van der Waals surface area contributed by atoms with Crippen molar-refractivity contribution < 1.29 is 4.65 Å². The van der Waals surface area contributed by atoms with Crippen molar-refractivity contribution in [3.05, 3.63) is 46.0 Å². The number of benzene rings is 1. The predicted molar refractivity (Wildman–Crippen MR) is 118 cm³/mol. The molecule has 3 aromatic rings. The maximum Gasteiger partial charge on any atom is 0.363 e. The minimum Gasteiger partial charge on any atom is -0.427 e. The largest absolute Gasteiger partial charge is 0.427 e. The number of piperidine rings is 1. The molecule has 0 amide bonds. The van der Waals surface area contributed by atoms with Crippen molar-refractivity contribution in [3.8, 4) is 11.3 Å². The lowest BCUT2D eigenvalue weighted by atomic mass is 9.94. The summed E-state index contributed by atoms with van der Waals surface area (Å²) >= 11 is 9.96. The van der Waals surface area contributed by atoms with Crippen molar-refractivity contribution in [2.45, 2.75) is 12.8 Å². The molecular weight excluding hydrogens is 440 g/mol. The number of hydrogen-bond acceptors (Lipinski definition) is 5. The summed E-state index contributed by atoms with van der Waals surface area (Å²) in [4.78, 5) is 7.12. The highest BCUT2D eigenvalue weighted by Crippen LogP contribution is 2.30. The monoisotopic (exact) mass is 461 g/mol. The molecule has 1 aliphatic rings. The molecule has 0 spiro atoms. The van der Waals surface area contributed by atoms with Crippen LogP contribution in [0.5, 0.6) is 0 Å². The number of aromatic nitrogens is 3. The van der Waals surface area contributed by atoms with Gasteiger partial charge < -0.3 is 14.8 Å². The highest BCUT2D eigenvalue weighted by molar-refractivity contribution is 9.10. The topological polar surface area (TPSA) is 54.7 Å². The Labute approximate surface area is 178 Å². The van der Waals surface area contributed by atoms with E-state index in [0.717, 1.165) is 46.8 Å². The smallest absolute Gasteiger partial charge is 0.363 e. The quantitative estimate of drug-likeness (QED) is 0.564. The zero-order valence-corrected chi connectivity index (χ0v) is 18.1. The fraction of sp³-hybridized carbons (Fsp3) is 0.368. The van der Waals surface area contributed by atoms with Gasteiger partial charge in [0.05, 0.1) is 16.4 Å². The van der Waals surface area contributed by atoms with Gasteiger partial charge in [-0.15, -0.1) is 0 Å². The second kappa shape index (κ2) is 8.82. The van der Waals surface area contributed by atoms with Gasteiger partial charge in [0, 0.05) is 30.3 Å². The van der Waals surface area contributed by atoms with Gasteiger partial charge in [0.2, 0.25) is 0 Å². The Morgan fingerprint density at radius 1 is 1.39 bits per heavy atom. The molecule has 1 N–H and O–H groups in total. The van der Waals surface area contributed by atoms with E-state index in [4.69, 9.17) is 21.2 Å². The predicted octanol–water partition coefficient (Wildman–Crippen LogP) is 3.85. The molecule has 0 saturated carbocycles. The van der Waals surface area contributed by atoms with Crippen molar-refractivity contribution in [1.29, 1.82) is 0 Å². The lowest BCUT2D eigenvalue weighted by molar-refractivity contribution is 0.246. The molecule has 6 nitrogen and oxygen atoms in total. The molecule has 146 valence electrons. The van der Waals surface area contributed by atoms with Gasteiger partial charge in [-0.3, -0.25) is 0 Å². The first-order valence-electron chi connectivity index (χ1n) is 9.40. The number of nitrogens with one attached hydrogen (secondary N) is 1. The molecule has 0 bridgehead atoms. The van der Waals surface area contributed by atoms with Crippen LogP contribution < -0.4 is 5.32 Å². The molecule has 3 heterocycles. The van der Waals surface area contributed by atoms with Gasteiger partial charge in [-0.1, -0.05) is 29.8 Å². The van der Waals surface area contributed by atoms with Crippen LogP contribution in [0.3, 0.4) is 0 Å². The van der Waals surface area contributed by atoms with Crippen LogP contribution in [-0.4, -0.2) is 53.8 Å². The summed E-state index contributed by atoms with van der Waals surface area (Å²) in [6.07, 6.45) is 4.17. The third-order valence-electron chi connectivity index (χ3n) is 5.07. The maximum atomic E-state index is 6.41. The SMILES string of the molecule is COBN1CCCC(CNc2cc(-c3ccccc3Cl)nc3c(Br)cnn23)C1. The standard InChI is InChI=1S/C19H22BBrClN5O/c1-28-20-26-8-4-5-13(12-26)10-23-18-9-17(14-6-2-3-7-16(14)22)25-19-15(21)11-24-27(18)19/h2-3,6-7,9,11,13,20,23H,4-5,8,10,12H2,1H3. The van der Waals surface area contributed by atoms with Crippen LogP contribution >= 0.6 is 27.5 Å². The van der Waals surface area contributed by atoms with Crippen LogP contribution in [0.4, 0.5) is 5.82 Å². The summed E-state index contributed by atoms with van der Waals surface area (Å²) in [5.41, 5.74) is 2.50. The van der Waals surface area contributed by atoms with Gasteiger partial charge >= 0.3 is 7.62 Å². The summed E-state index contributed by atoms with van der Waals surface area (Å²) in [7, 11) is 2.44. The minimum absolute atomic E-state index is 0.565. The maximum absolute atomic E-state index is 6.41. The Balaban J connectivity index is 1.60. The molecule has 1 aromatic carbocycles. The van der Waals surface area contributed by atoms with E-state index in [-0.39, 0.29) is 0 Å². The van der Waals surface area contributed by atoms with Crippen molar-refractivity contribution >= 4 is 46.6 Å². The third kappa shape index (κ3) is 4.20. The molecule has 2 aromatic heterocycles. The van der Waals surface area contributed by atoms with Gasteiger partial charge in [0.15, 0.2) is 5.65 Å².